The van der Waals surface area contributed by atoms with Gasteiger partial charge in [-0.2, -0.15) is 0 Å². The van der Waals surface area contributed by atoms with Crippen LogP contribution in [0, 0.1) is 0 Å². The molecule has 2 heterocycles. The first-order chi connectivity index (χ1) is 8.25. The summed E-state index contributed by atoms with van der Waals surface area (Å²) in [6, 6.07) is 10.7. The van der Waals surface area contributed by atoms with Gasteiger partial charge in [0.05, 0.1) is 5.69 Å². The number of imidazole rings is 1. The maximum absolute atomic E-state index is 11.2. The van der Waals surface area contributed by atoms with Crippen molar-refractivity contribution in [2.45, 2.75) is 0 Å². The van der Waals surface area contributed by atoms with Crippen molar-refractivity contribution in [2.75, 3.05) is 0 Å². The van der Waals surface area contributed by atoms with Crippen molar-refractivity contribution in [1.29, 1.82) is 0 Å². The first-order valence-electron chi connectivity index (χ1n) is 5.20. The molecule has 0 saturated carbocycles. The van der Waals surface area contributed by atoms with Gasteiger partial charge in [-0.15, -0.1) is 0 Å². The predicted molar refractivity (Wildman–Crippen MR) is 68.5 cm³/mol. The van der Waals surface area contributed by atoms with Crippen LogP contribution in [0.2, 0.25) is 5.02 Å². The number of fused-ring (bicyclic) bond motifs is 1. The quantitative estimate of drug-likeness (QED) is 0.702. The lowest BCUT2D eigenvalue weighted by Gasteiger charge is -2.03. The summed E-state index contributed by atoms with van der Waals surface area (Å²) in [4.78, 5) is 14.3. The lowest BCUT2D eigenvalue weighted by Crippen LogP contribution is -1.99. The average Bonchev–Trinajstić information content (AvgIpc) is 2.72. The molecule has 3 nitrogen and oxygen atoms in total. The number of benzene rings is 1. The third-order valence-corrected chi connectivity index (χ3v) is 3.02. The Hall–Kier alpha value is -2.00. The molecule has 1 aromatic carbocycles. The Morgan fingerprint density at radius 1 is 1.18 bits per heavy atom. The summed E-state index contributed by atoms with van der Waals surface area (Å²) >= 11 is 6.16. The lowest BCUT2D eigenvalue weighted by molar-refractivity contribution is 1.18. The van der Waals surface area contributed by atoms with Gasteiger partial charge in [0, 0.05) is 35.1 Å². The van der Waals surface area contributed by atoms with E-state index < -0.39 is 0 Å². The van der Waals surface area contributed by atoms with E-state index in [-0.39, 0.29) is 5.43 Å². The molecule has 0 aliphatic heterocycles. The molecule has 3 rings (SSSR count). The Bertz CT molecular complexity index is 742. The maximum atomic E-state index is 11.2. The van der Waals surface area contributed by atoms with E-state index in [1.54, 1.807) is 12.3 Å². The van der Waals surface area contributed by atoms with Gasteiger partial charge >= 0.3 is 0 Å². The van der Waals surface area contributed by atoms with E-state index >= 15 is 0 Å². The first-order valence-corrected chi connectivity index (χ1v) is 5.58. The highest BCUT2D eigenvalue weighted by molar-refractivity contribution is 6.33. The zero-order chi connectivity index (χ0) is 11.8. The number of nitrogens with one attached hydrogen (secondary N) is 1. The normalized spacial score (nSPS) is 10.9. The Morgan fingerprint density at radius 3 is 2.82 bits per heavy atom. The highest BCUT2D eigenvalue weighted by atomic mass is 35.5. The summed E-state index contributed by atoms with van der Waals surface area (Å²) in [5, 5.41) is 0.687. The van der Waals surface area contributed by atoms with Crippen LogP contribution >= 0.6 is 11.6 Å². The van der Waals surface area contributed by atoms with Crippen LogP contribution in [0.15, 0.2) is 53.6 Å². The monoisotopic (exact) mass is 244 g/mol. The van der Waals surface area contributed by atoms with E-state index in [0.717, 1.165) is 16.9 Å². The Kier molecular flexibility index (Phi) is 2.27. The fourth-order valence-corrected chi connectivity index (χ4v) is 2.12. The second-order valence-electron chi connectivity index (χ2n) is 3.77. The van der Waals surface area contributed by atoms with Crippen LogP contribution in [-0.2, 0) is 0 Å². The minimum atomic E-state index is -0.0161. The Balaban J connectivity index is 2.32. The fraction of sp³-hybridized carbons (Fsp3) is 0. The minimum Gasteiger partial charge on any atom is -0.346 e. The van der Waals surface area contributed by atoms with Gasteiger partial charge < -0.3 is 9.38 Å². The summed E-state index contributed by atoms with van der Waals surface area (Å²) in [6.45, 7) is 0. The van der Waals surface area contributed by atoms with E-state index in [0.29, 0.717) is 5.02 Å². The molecular formula is C13H9ClN2O. The molecule has 0 spiro atoms. The molecule has 0 amide bonds. The van der Waals surface area contributed by atoms with Crippen LogP contribution in [0.3, 0.4) is 0 Å². The molecule has 4 heteroatoms. The van der Waals surface area contributed by atoms with Crippen molar-refractivity contribution >= 4 is 17.2 Å². The molecule has 0 aliphatic carbocycles. The average molecular weight is 245 g/mol. The topological polar surface area (TPSA) is 37.3 Å². The lowest BCUT2D eigenvalue weighted by atomic mass is 10.2. The molecule has 0 saturated heterocycles. The summed E-state index contributed by atoms with van der Waals surface area (Å²) in [5.74, 6) is 0. The summed E-state index contributed by atoms with van der Waals surface area (Å²) in [7, 11) is 0. The van der Waals surface area contributed by atoms with Crippen molar-refractivity contribution in [3.05, 3.63) is 64.0 Å². The number of nitrogens with zero attached hydrogens (tertiary/aromatic N) is 1. The molecule has 84 valence electrons. The first kappa shape index (κ1) is 10.2. The molecule has 0 aliphatic rings. The van der Waals surface area contributed by atoms with Crippen LogP contribution < -0.4 is 5.43 Å². The van der Waals surface area contributed by atoms with Gasteiger partial charge in [0.25, 0.3) is 0 Å². The third-order valence-electron chi connectivity index (χ3n) is 2.69. The van der Waals surface area contributed by atoms with Crippen molar-refractivity contribution in [1.82, 2.24) is 9.38 Å². The Morgan fingerprint density at radius 2 is 2.00 bits per heavy atom. The van der Waals surface area contributed by atoms with Crippen LogP contribution in [0.4, 0.5) is 0 Å². The number of pyridine rings is 1. The fourth-order valence-electron chi connectivity index (χ4n) is 1.89. The van der Waals surface area contributed by atoms with Crippen LogP contribution in [-0.4, -0.2) is 9.38 Å². The van der Waals surface area contributed by atoms with Gasteiger partial charge in [-0.1, -0.05) is 29.8 Å². The summed E-state index contributed by atoms with van der Waals surface area (Å²) < 4.78 is 1.91. The molecule has 0 fully saturated rings. The van der Waals surface area contributed by atoms with Gasteiger partial charge in [-0.25, -0.2) is 0 Å². The number of halogens is 1. The van der Waals surface area contributed by atoms with E-state index in [1.165, 1.54) is 6.07 Å². The van der Waals surface area contributed by atoms with Gasteiger partial charge in [-0.3, -0.25) is 4.79 Å². The molecule has 2 aromatic heterocycles. The predicted octanol–water partition coefficient (Wildman–Crippen LogP) is 2.95. The molecule has 0 bridgehead atoms. The third kappa shape index (κ3) is 1.65. The zero-order valence-corrected chi connectivity index (χ0v) is 9.61. The van der Waals surface area contributed by atoms with Crippen LogP contribution in [0.5, 0.6) is 0 Å². The second-order valence-corrected chi connectivity index (χ2v) is 4.18. The van der Waals surface area contributed by atoms with Gasteiger partial charge in [-0.05, 0) is 6.07 Å². The molecule has 0 unspecified atom stereocenters. The smallest absolute Gasteiger partial charge is 0.183 e. The van der Waals surface area contributed by atoms with E-state index in [2.05, 4.69) is 4.98 Å². The van der Waals surface area contributed by atoms with Crippen molar-refractivity contribution in [2.24, 2.45) is 0 Å². The van der Waals surface area contributed by atoms with Gasteiger partial charge in [0.1, 0.15) is 5.65 Å². The molecular weight excluding hydrogens is 236 g/mol. The number of aromatic amines is 1. The van der Waals surface area contributed by atoms with Crippen molar-refractivity contribution in [3.63, 3.8) is 0 Å². The standard InChI is InChI=1S/C13H9ClN2O/c14-11-4-2-1-3-10(11)12-8-15-13-7-9(17)5-6-16(12)13/h1-8,15H. The number of rotatable bonds is 1. The zero-order valence-electron chi connectivity index (χ0n) is 8.85. The van der Waals surface area contributed by atoms with E-state index in [1.807, 2.05) is 34.9 Å². The van der Waals surface area contributed by atoms with Crippen molar-refractivity contribution < 1.29 is 0 Å². The number of H-pyrrole nitrogens is 1. The molecule has 1 N–H and O–H groups in total. The number of aromatic nitrogens is 2. The second kappa shape index (κ2) is 3.79. The van der Waals surface area contributed by atoms with Crippen LogP contribution in [0.1, 0.15) is 0 Å². The largest absolute Gasteiger partial charge is 0.346 e. The highest BCUT2D eigenvalue weighted by Crippen LogP contribution is 2.27. The van der Waals surface area contributed by atoms with Gasteiger partial charge in [0.2, 0.25) is 0 Å². The number of hydrogen-bond acceptors (Lipinski definition) is 1. The molecule has 17 heavy (non-hydrogen) atoms. The molecule has 3 aromatic rings. The summed E-state index contributed by atoms with van der Waals surface area (Å²) in [5.41, 5.74) is 2.61. The van der Waals surface area contributed by atoms with E-state index in [9.17, 15) is 4.79 Å². The van der Waals surface area contributed by atoms with Gasteiger partial charge in [0.15, 0.2) is 5.43 Å². The van der Waals surface area contributed by atoms with Crippen molar-refractivity contribution in [3.8, 4) is 11.3 Å². The minimum absolute atomic E-state index is 0.0161. The summed E-state index contributed by atoms with van der Waals surface area (Å²) in [6.07, 6.45) is 3.59. The highest BCUT2D eigenvalue weighted by Gasteiger charge is 2.07. The SMILES string of the molecule is O=c1ccn2c(-c3ccccc3Cl)c[nH]c2c1. The molecule has 0 atom stereocenters. The van der Waals surface area contributed by atoms with Crippen LogP contribution in [0.25, 0.3) is 16.9 Å². The van der Waals surface area contributed by atoms with E-state index in [4.69, 9.17) is 11.6 Å². The number of hydrogen-bond donors (Lipinski definition) is 1. The molecule has 0 radical (unpaired) electrons. The maximum Gasteiger partial charge on any atom is 0.183 e. The Labute approximate surface area is 102 Å².